The van der Waals surface area contributed by atoms with E-state index in [9.17, 15) is 20.3 Å². The molecule has 0 aromatic rings. The highest BCUT2D eigenvalue weighted by molar-refractivity contribution is 5.85. The number of fused-ring (bicyclic) bond motifs is 2. The molecule has 0 aliphatic heterocycles. The molecule has 3 saturated carbocycles. The first-order valence-electron chi connectivity index (χ1n) is 9.30. The molecule has 2 N–H and O–H groups in total. The standard InChI is InChI=1S/C20H27NO3/c1-11(2)16-6-13-7-18(9-21)15-5-4-12(3)14(15)8-19(13,10-22)20(16,18)17(23)24/h6,11-15,22H,4-5,7-8,10H2,1-3H3,(H,23,24)/t12-,13+,14-,15-,18+,19+,20+/m1/s1. The lowest BCUT2D eigenvalue weighted by molar-refractivity contribution is -0.176. The molecule has 3 fully saturated rings. The fourth-order valence-corrected chi connectivity index (χ4v) is 7.57. The second-order valence-electron chi connectivity index (χ2n) is 9.07. The third kappa shape index (κ3) is 1.32. The summed E-state index contributed by atoms with van der Waals surface area (Å²) in [7, 11) is 0. The summed E-state index contributed by atoms with van der Waals surface area (Å²) in [5.74, 6) is 0.264. The molecule has 4 aliphatic carbocycles. The maximum Gasteiger partial charge on any atom is 0.316 e. The number of nitriles is 1. The van der Waals surface area contributed by atoms with Gasteiger partial charge in [0.15, 0.2) is 0 Å². The van der Waals surface area contributed by atoms with Crippen LogP contribution >= 0.6 is 0 Å². The van der Waals surface area contributed by atoms with E-state index in [1.807, 2.05) is 13.8 Å². The second-order valence-corrected chi connectivity index (χ2v) is 9.07. The molecule has 4 nitrogen and oxygen atoms in total. The zero-order valence-electron chi connectivity index (χ0n) is 14.7. The van der Waals surface area contributed by atoms with Gasteiger partial charge in [0, 0.05) is 5.41 Å². The van der Waals surface area contributed by atoms with E-state index in [0.29, 0.717) is 18.3 Å². The summed E-state index contributed by atoms with van der Waals surface area (Å²) in [6, 6.07) is 2.57. The summed E-state index contributed by atoms with van der Waals surface area (Å²) in [4.78, 5) is 12.8. The van der Waals surface area contributed by atoms with E-state index in [2.05, 4.69) is 19.1 Å². The number of carboxylic acid groups (broad SMARTS) is 1. The first kappa shape index (κ1) is 16.1. The van der Waals surface area contributed by atoms with Crippen molar-refractivity contribution in [3.8, 4) is 6.07 Å². The Labute approximate surface area is 143 Å². The predicted octanol–water partition coefficient (Wildman–Crippen LogP) is 3.23. The van der Waals surface area contributed by atoms with E-state index >= 15 is 0 Å². The predicted molar refractivity (Wildman–Crippen MR) is 88.7 cm³/mol. The van der Waals surface area contributed by atoms with E-state index in [0.717, 1.165) is 24.8 Å². The molecule has 130 valence electrons. The second kappa shape index (κ2) is 4.64. The van der Waals surface area contributed by atoms with Crippen LogP contribution in [0, 0.1) is 57.2 Å². The number of hydrogen-bond acceptors (Lipinski definition) is 3. The Morgan fingerprint density at radius 1 is 1.42 bits per heavy atom. The van der Waals surface area contributed by atoms with Gasteiger partial charge in [0.25, 0.3) is 0 Å². The lowest BCUT2D eigenvalue weighted by Crippen LogP contribution is -2.62. The van der Waals surface area contributed by atoms with Crippen molar-refractivity contribution in [2.75, 3.05) is 6.61 Å². The van der Waals surface area contributed by atoms with Crippen molar-refractivity contribution in [2.24, 2.45) is 45.8 Å². The molecule has 4 heteroatoms. The summed E-state index contributed by atoms with van der Waals surface area (Å²) >= 11 is 0. The average Bonchev–Trinajstić information content (AvgIpc) is 3.11. The van der Waals surface area contributed by atoms with Crippen LogP contribution in [-0.4, -0.2) is 22.8 Å². The van der Waals surface area contributed by atoms with Crippen molar-refractivity contribution in [2.45, 2.75) is 46.5 Å². The number of rotatable bonds is 3. The Kier molecular flexibility index (Phi) is 3.12. The number of carboxylic acids is 1. The van der Waals surface area contributed by atoms with Gasteiger partial charge in [-0.3, -0.25) is 4.79 Å². The molecular formula is C20H27NO3. The van der Waals surface area contributed by atoms with Crippen LogP contribution in [-0.2, 0) is 4.79 Å². The SMILES string of the molecule is CC(C)C1=C[C@H]2C[C@]3(C#N)[C@@H]4CC[C@@H](C)[C@H]4C[C@@]2(CO)[C@]13C(=O)O. The molecule has 0 aromatic carbocycles. The average molecular weight is 329 g/mol. The van der Waals surface area contributed by atoms with Crippen LogP contribution in [0.5, 0.6) is 0 Å². The number of aliphatic hydroxyl groups is 1. The fourth-order valence-electron chi connectivity index (χ4n) is 7.57. The topological polar surface area (TPSA) is 81.3 Å². The monoisotopic (exact) mass is 329 g/mol. The molecule has 24 heavy (non-hydrogen) atoms. The highest BCUT2D eigenvalue weighted by Gasteiger charge is 2.84. The van der Waals surface area contributed by atoms with Gasteiger partial charge in [-0.2, -0.15) is 5.26 Å². The molecule has 4 aliphatic rings. The van der Waals surface area contributed by atoms with Gasteiger partial charge in [0.1, 0.15) is 5.41 Å². The Morgan fingerprint density at radius 2 is 2.12 bits per heavy atom. The highest BCUT2D eigenvalue weighted by atomic mass is 16.4. The first-order chi connectivity index (χ1) is 11.3. The Bertz CT molecular complexity index is 677. The highest BCUT2D eigenvalue weighted by Crippen LogP contribution is 2.82. The van der Waals surface area contributed by atoms with Crippen LogP contribution in [0.25, 0.3) is 0 Å². The van der Waals surface area contributed by atoms with E-state index < -0.39 is 22.2 Å². The van der Waals surface area contributed by atoms with Gasteiger partial charge in [-0.05, 0) is 48.9 Å². The van der Waals surface area contributed by atoms with Crippen molar-refractivity contribution < 1.29 is 15.0 Å². The maximum absolute atomic E-state index is 12.8. The third-order valence-electron chi connectivity index (χ3n) is 8.32. The Morgan fingerprint density at radius 3 is 2.67 bits per heavy atom. The normalized spacial score (nSPS) is 51.4. The molecule has 7 atom stereocenters. The van der Waals surface area contributed by atoms with Crippen molar-refractivity contribution in [1.29, 1.82) is 5.26 Å². The summed E-state index contributed by atoms with van der Waals surface area (Å²) in [5.41, 5.74) is -1.84. The van der Waals surface area contributed by atoms with Gasteiger partial charge in [-0.1, -0.05) is 38.8 Å². The fraction of sp³-hybridized carbons (Fsp3) is 0.800. The molecule has 0 radical (unpaired) electrons. The number of carbonyl (C=O) groups is 1. The quantitative estimate of drug-likeness (QED) is 0.779. The maximum atomic E-state index is 12.8. The van der Waals surface area contributed by atoms with Gasteiger partial charge in [-0.25, -0.2) is 0 Å². The number of nitrogens with zero attached hydrogens (tertiary/aromatic N) is 1. The Hall–Kier alpha value is -1.34. The number of aliphatic carboxylic acids is 1. The summed E-state index contributed by atoms with van der Waals surface area (Å²) in [5, 5.41) is 31.3. The lowest BCUT2D eigenvalue weighted by atomic mass is 9.43. The zero-order valence-corrected chi connectivity index (χ0v) is 14.7. The minimum absolute atomic E-state index is 0.0217. The first-order valence-corrected chi connectivity index (χ1v) is 9.30. The molecule has 0 aromatic heterocycles. The van der Waals surface area contributed by atoms with Crippen molar-refractivity contribution in [3.63, 3.8) is 0 Å². The van der Waals surface area contributed by atoms with Crippen molar-refractivity contribution in [1.82, 2.24) is 0 Å². The van der Waals surface area contributed by atoms with E-state index in [1.54, 1.807) is 0 Å². The van der Waals surface area contributed by atoms with Gasteiger partial charge in [0.05, 0.1) is 18.1 Å². The third-order valence-corrected chi connectivity index (χ3v) is 8.32. The number of hydrogen-bond donors (Lipinski definition) is 2. The van der Waals surface area contributed by atoms with Gasteiger partial charge >= 0.3 is 5.97 Å². The lowest BCUT2D eigenvalue weighted by Gasteiger charge is -2.57. The van der Waals surface area contributed by atoms with Crippen LogP contribution < -0.4 is 0 Å². The molecule has 4 rings (SSSR count). The van der Waals surface area contributed by atoms with Gasteiger partial charge < -0.3 is 10.2 Å². The van der Waals surface area contributed by atoms with E-state index in [1.165, 1.54) is 0 Å². The largest absolute Gasteiger partial charge is 0.481 e. The van der Waals surface area contributed by atoms with Crippen LogP contribution in [0.15, 0.2) is 11.6 Å². The molecule has 4 bridgehead atoms. The Balaban J connectivity index is 2.04. The summed E-state index contributed by atoms with van der Waals surface area (Å²) < 4.78 is 0. The van der Waals surface area contributed by atoms with Crippen LogP contribution in [0.2, 0.25) is 0 Å². The number of aliphatic hydroxyl groups excluding tert-OH is 1. The minimum Gasteiger partial charge on any atom is -0.481 e. The van der Waals surface area contributed by atoms with E-state index in [4.69, 9.17) is 0 Å². The number of allylic oxidation sites excluding steroid dienone is 1. The smallest absolute Gasteiger partial charge is 0.316 e. The molecule has 0 saturated heterocycles. The van der Waals surface area contributed by atoms with Gasteiger partial charge in [-0.15, -0.1) is 0 Å². The van der Waals surface area contributed by atoms with Crippen molar-refractivity contribution >= 4 is 5.97 Å². The van der Waals surface area contributed by atoms with Crippen LogP contribution in [0.4, 0.5) is 0 Å². The van der Waals surface area contributed by atoms with Crippen molar-refractivity contribution in [3.05, 3.63) is 11.6 Å². The zero-order chi connectivity index (χ0) is 17.5. The summed E-state index contributed by atoms with van der Waals surface area (Å²) in [6.07, 6.45) is 5.51. The molecule has 0 heterocycles. The molecule has 0 unspecified atom stereocenters. The molecule has 0 spiro atoms. The van der Waals surface area contributed by atoms with Crippen LogP contribution in [0.1, 0.15) is 46.5 Å². The molecule has 0 amide bonds. The van der Waals surface area contributed by atoms with E-state index in [-0.39, 0.29) is 24.4 Å². The summed E-state index contributed by atoms with van der Waals surface area (Å²) in [6.45, 7) is 6.16. The minimum atomic E-state index is -1.20. The van der Waals surface area contributed by atoms with Crippen LogP contribution in [0.3, 0.4) is 0 Å². The van der Waals surface area contributed by atoms with Gasteiger partial charge in [0.2, 0.25) is 0 Å². The molecular weight excluding hydrogens is 302 g/mol.